The van der Waals surface area contributed by atoms with Crippen molar-refractivity contribution in [1.29, 1.82) is 0 Å². The van der Waals surface area contributed by atoms with Gasteiger partial charge in [0.25, 0.3) is 0 Å². The Morgan fingerprint density at radius 3 is 1.29 bits per heavy atom. The third kappa shape index (κ3) is 22.8. The van der Waals surface area contributed by atoms with Crippen molar-refractivity contribution >= 4 is 119 Å². The first-order valence-corrected chi connectivity index (χ1v) is 52.3. The molecule has 4 aromatic heterocycles. The molecule has 12 aromatic rings. The maximum Gasteiger partial charge on any atom is 0.318 e. The number of likely N-dealkylation sites (N-methyl/N-ethyl adjacent to an activating group) is 2. The van der Waals surface area contributed by atoms with Gasteiger partial charge in [-0.25, -0.2) is 0 Å². The maximum atomic E-state index is 13.3. The molecular formula is C116H136N22O12. The van der Waals surface area contributed by atoms with Crippen molar-refractivity contribution in [1.82, 2.24) is 69.2 Å². The van der Waals surface area contributed by atoms with E-state index in [1.807, 2.05) is 170 Å². The number of benzene rings is 8. The summed E-state index contributed by atoms with van der Waals surface area (Å²) < 4.78 is 18.5. The first kappa shape index (κ1) is 103. The van der Waals surface area contributed by atoms with Crippen LogP contribution >= 0.6 is 0 Å². The minimum Gasteiger partial charge on any atom is -0.508 e. The molecule has 14 heterocycles. The minimum atomic E-state index is -0.0832. The van der Waals surface area contributed by atoms with Gasteiger partial charge >= 0.3 is 18.0 Å². The highest BCUT2D eigenvalue weighted by Crippen LogP contribution is 2.47. The van der Waals surface area contributed by atoms with Crippen LogP contribution in [0.1, 0.15) is 85.1 Å². The van der Waals surface area contributed by atoms with Gasteiger partial charge < -0.3 is 103 Å². The van der Waals surface area contributed by atoms with Crippen LogP contribution in [-0.4, -0.2) is 323 Å². The lowest BCUT2D eigenvalue weighted by molar-refractivity contribution is -0.139. The third-order valence-electron chi connectivity index (χ3n) is 30.3. The Hall–Kier alpha value is -15.4. The smallest absolute Gasteiger partial charge is 0.318 e. The number of fused-ring (bicyclic) bond motifs is 8. The SMILES string of the molecule is C=CC(=O)N1CC2(C1)CN(c1ccnc3c1CC(=O)N(c1cc(O)cc4ccccc14)C3)C2.C=CC(=O)N1CCN(c2nc(OCCN(C)C)nc3c2CCN(c2cc(O)cc4ccccc24)C3)[C@@H](C)C1.C=CC(=O)N1CCN(c2nc(OCCN3CCCCC3)nc3c2CCN(c2cc(O)cc4ccccc24)C3)CC1.C=CC(=O)N1CCN(c2nc(O[C@H](C)CN(C)C)nc3c2CCN(c2cc(O)cc4ccccc24)C3)[C@@H](C)C1. The molecule has 0 aliphatic carbocycles. The molecule has 0 unspecified atom stereocenters. The van der Waals surface area contributed by atoms with Crippen LogP contribution in [0, 0.1) is 5.41 Å². The van der Waals surface area contributed by atoms with Crippen molar-refractivity contribution in [3.05, 3.63) is 254 Å². The van der Waals surface area contributed by atoms with Crippen LogP contribution in [0.5, 0.6) is 41.0 Å². The lowest BCUT2D eigenvalue weighted by Gasteiger charge is -2.61. The van der Waals surface area contributed by atoms with Crippen LogP contribution in [0.3, 0.4) is 0 Å². The van der Waals surface area contributed by atoms with Crippen LogP contribution in [0.2, 0.25) is 0 Å². The maximum absolute atomic E-state index is 13.3. The van der Waals surface area contributed by atoms with Gasteiger partial charge in [-0.15, -0.1) is 0 Å². The van der Waals surface area contributed by atoms with E-state index in [1.165, 1.54) is 43.6 Å². The van der Waals surface area contributed by atoms with Crippen LogP contribution in [-0.2, 0) is 75.8 Å². The summed E-state index contributed by atoms with van der Waals surface area (Å²) in [5.74, 6) is 3.49. The van der Waals surface area contributed by atoms with Gasteiger partial charge in [-0.3, -0.25) is 33.9 Å². The third-order valence-corrected chi connectivity index (χ3v) is 30.3. The average Bonchev–Trinajstić information content (AvgIpc) is 0.714. The number of nitrogens with zero attached hydrogens (tertiary/aromatic N) is 22. The fraction of sp³-hybridized carbons (Fsp3) is 0.397. The van der Waals surface area contributed by atoms with E-state index in [0.29, 0.717) is 129 Å². The Kier molecular flexibility index (Phi) is 31.2. The molecule has 10 aliphatic rings. The van der Waals surface area contributed by atoms with E-state index in [4.69, 9.17) is 44.1 Å². The van der Waals surface area contributed by atoms with Gasteiger partial charge in [-0.05, 0) is 170 Å². The molecule has 6 saturated heterocycles. The number of anilines is 8. The van der Waals surface area contributed by atoms with E-state index in [-0.39, 0.29) is 82.6 Å². The Morgan fingerprint density at radius 1 is 0.420 bits per heavy atom. The minimum absolute atomic E-state index is 0.00543. The lowest BCUT2D eigenvalue weighted by atomic mass is 9.72. The summed E-state index contributed by atoms with van der Waals surface area (Å²) >= 11 is 0. The molecule has 8 aromatic carbocycles. The van der Waals surface area contributed by atoms with Crippen molar-refractivity contribution in [2.75, 3.05) is 225 Å². The van der Waals surface area contributed by atoms with Gasteiger partial charge in [0.15, 0.2) is 0 Å². The van der Waals surface area contributed by atoms with Gasteiger partial charge in [-0.1, -0.05) is 130 Å². The second-order valence-electron chi connectivity index (χ2n) is 41.4. The fourth-order valence-corrected chi connectivity index (χ4v) is 22.8. The second kappa shape index (κ2) is 45.3. The molecule has 22 rings (SSSR count). The number of amides is 5. The molecule has 150 heavy (non-hydrogen) atoms. The molecular weight excluding hydrogens is 1890 g/mol. The van der Waals surface area contributed by atoms with Crippen molar-refractivity contribution in [3.63, 3.8) is 0 Å². The van der Waals surface area contributed by atoms with E-state index >= 15 is 0 Å². The van der Waals surface area contributed by atoms with Crippen LogP contribution in [0.15, 0.2) is 208 Å². The number of carbonyl (C=O) groups is 5. The van der Waals surface area contributed by atoms with Gasteiger partial charge in [-0.2, -0.15) is 29.9 Å². The Morgan fingerprint density at radius 2 is 0.833 bits per heavy atom. The molecule has 4 N–H and O–H groups in total. The number of likely N-dealkylation sites (tertiary alicyclic amines) is 2. The van der Waals surface area contributed by atoms with E-state index in [1.54, 1.807) is 29.2 Å². The molecule has 10 aliphatic heterocycles. The van der Waals surface area contributed by atoms with Gasteiger partial charge in [0.2, 0.25) is 29.5 Å². The van der Waals surface area contributed by atoms with Crippen molar-refractivity contribution in [2.45, 2.75) is 110 Å². The monoisotopic (exact) mass is 2030 g/mol. The second-order valence-corrected chi connectivity index (χ2v) is 41.4. The number of pyridine rings is 1. The summed E-state index contributed by atoms with van der Waals surface area (Å²) in [6.45, 7) is 40.7. The first-order valence-electron chi connectivity index (χ1n) is 52.3. The molecule has 0 saturated carbocycles. The number of phenolic OH excluding ortho intramolecular Hbond substituents is 4. The highest BCUT2D eigenvalue weighted by molar-refractivity contribution is 6.07. The van der Waals surface area contributed by atoms with E-state index in [9.17, 15) is 44.4 Å². The quantitative estimate of drug-likeness (QED) is 0.0408. The molecule has 0 radical (unpaired) electrons. The summed E-state index contributed by atoms with van der Waals surface area (Å²) in [5, 5.41) is 49.7. The van der Waals surface area contributed by atoms with E-state index < -0.39 is 0 Å². The summed E-state index contributed by atoms with van der Waals surface area (Å²) in [4.78, 5) is 127. The zero-order chi connectivity index (χ0) is 105. The van der Waals surface area contributed by atoms with Crippen molar-refractivity contribution < 1.29 is 58.6 Å². The normalized spacial score (nSPS) is 18.1. The van der Waals surface area contributed by atoms with Crippen LogP contribution in [0.4, 0.5) is 45.9 Å². The molecule has 5 amide bonds. The molecule has 6 fully saturated rings. The molecule has 782 valence electrons. The number of carbonyl (C=O) groups excluding carboxylic acids is 5. The lowest BCUT2D eigenvalue weighted by Crippen LogP contribution is -2.73. The van der Waals surface area contributed by atoms with Gasteiger partial charge in [0.05, 0.1) is 61.1 Å². The van der Waals surface area contributed by atoms with Crippen LogP contribution < -0.4 is 53.4 Å². The first-order chi connectivity index (χ1) is 72.6. The summed E-state index contributed by atoms with van der Waals surface area (Å²) in [7, 11) is 8.04. The number of piperidine rings is 1. The van der Waals surface area contributed by atoms with E-state index in [2.05, 4.69) is 112 Å². The van der Waals surface area contributed by atoms with Crippen molar-refractivity contribution in [2.24, 2.45) is 5.41 Å². The number of hydrogen-bond donors (Lipinski definition) is 4. The largest absolute Gasteiger partial charge is 0.508 e. The zero-order valence-corrected chi connectivity index (χ0v) is 87.0. The summed E-state index contributed by atoms with van der Waals surface area (Å²) in [6, 6.07) is 49.8. The fourth-order valence-electron chi connectivity index (χ4n) is 22.8. The number of rotatable bonds is 24. The summed E-state index contributed by atoms with van der Waals surface area (Å²) in [6.07, 6.45) is 13.6. The average molecular weight is 2030 g/mol. The molecule has 34 heteroatoms. The summed E-state index contributed by atoms with van der Waals surface area (Å²) in [5.41, 5.74) is 13.0. The standard InChI is InChI=1S/C31H38N6O3.C30H38N6O3.C29H36N6O3.C26H24N4O3/c1-2-29(39)35-14-16-36(17-15-35)30-26-10-13-37(28-21-24(38)20-23-8-4-5-9-25(23)28)22-27(26)32-31(33-30)40-19-18-34-11-6-3-7-12-34;1-6-28(38)35-13-14-36(20(2)17-35)29-25-11-12-34(27-16-23(37)15-22-9-7-8-10-24(22)27)19-26(25)31-30(32-29)39-21(3)18-33(4)5;1-5-27(37)34-12-13-35(20(2)18-34)28-24-10-11-33(19-25(24)30-29(31-28)38-15-14-32(3)4)26-17-22(36)16-21-8-6-7-9-23(21)26;1-2-24(32)29-15-26(16-29)13-28(14-26)22-7-8-27-21-12-30(25(33)11-20(21)22)23-10-18(31)9-17-5-3-4-6-19(17)23/h2,4-5,8-9,20-21,38H,1,3,6-7,10-19,22H2;6-10,15-16,20-21,37H,1,11-14,17-19H2,2-5H3;5-9,16-17,20,36H,1,10-15,18-19H2,2-4H3;2-10,31H,1,11-16H2/t;20-,21+;20-;/m.00./s1. The zero-order valence-electron chi connectivity index (χ0n) is 87.0. The van der Waals surface area contributed by atoms with E-state index in [0.717, 1.165) is 226 Å². The molecule has 1 spiro atoms. The topological polar surface area (TPSA) is 333 Å². The predicted molar refractivity (Wildman–Crippen MR) is 588 cm³/mol. The van der Waals surface area contributed by atoms with Crippen LogP contribution in [0.25, 0.3) is 43.1 Å². The number of aromatic nitrogens is 7. The number of hydrogen-bond acceptors (Lipinski definition) is 29. The number of phenols is 4. The number of piperazine rings is 3. The van der Waals surface area contributed by atoms with Gasteiger partial charge in [0, 0.05) is 245 Å². The number of aromatic hydroxyl groups is 4. The highest BCUT2D eigenvalue weighted by Gasteiger charge is 2.54. The van der Waals surface area contributed by atoms with Crippen molar-refractivity contribution in [3.8, 4) is 41.0 Å². The Labute approximate surface area is 876 Å². The highest BCUT2D eigenvalue weighted by atomic mass is 16.5. The predicted octanol–water partition coefficient (Wildman–Crippen LogP) is 13.0. The molecule has 34 nitrogen and oxygen atoms in total. The molecule has 3 atom stereocenters. The Bertz CT molecular complexity index is 7080. The van der Waals surface area contributed by atoms with Gasteiger partial charge in [0.1, 0.15) is 59.8 Å². The Balaban J connectivity index is 0.000000126. The number of ether oxygens (including phenoxy) is 3. The molecule has 0 bridgehead atoms.